The minimum Gasteiger partial charge on any atom is -0.496 e. The molecule has 0 radical (unpaired) electrons. The lowest BCUT2D eigenvalue weighted by Gasteiger charge is -2.08. The summed E-state index contributed by atoms with van der Waals surface area (Å²) in [6.07, 6.45) is 0. The predicted molar refractivity (Wildman–Crippen MR) is 58.8 cm³/mol. The molecule has 0 unspecified atom stereocenters. The molecule has 1 aromatic carbocycles. The highest BCUT2D eigenvalue weighted by Gasteiger charge is 2.17. The van der Waals surface area contributed by atoms with E-state index in [1.807, 2.05) is 0 Å². The summed E-state index contributed by atoms with van der Waals surface area (Å²) in [4.78, 5) is 0. The molecular formula is C10H12FN5O. The van der Waals surface area contributed by atoms with Gasteiger partial charge in [-0.2, -0.15) is 0 Å². The standard InChI is InChI=1S/C10H12FN5O/c1-17-8-4-2-3-7(11)9(8)10-13-14-15-16(10)6-5-12/h2-4H,5-6,12H2,1H3. The normalized spacial score (nSPS) is 10.5. The summed E-state index contributed by atoms with van der Waals surface area (Å²) >= 11 is 0. The molecule has 17 heavy (non-hydrogen) atoms. The third-order valence-electron chi connectivity index (χ3n) is 2.29. The summed E-state index contributed by atoms with van der Waals surface area (Å²) in [5, 5.41) is 11.1. The molecule has 0 aliphatic rings. The molecule has 0 aliphatic heterocycles. The molecule has 7 heteroatoms. The van der Waals surface area contributed by atoms with Gasteiger partial charge in [-0.05, 0) is 22.6 Å². The van der Waals surface area contributed by atoms with Crippen molar-refractivity contribution in [1.29, 1.82) is 0 Å². The van der Waals surface area contributed by atoms with Gasteiger partial charge < -0.3 is 10.5 Å². The van der Waals surface area contributed by atoms with Crippen molar-refractivity contribution in [3.05, 3.63) is 24.0 Å². The Morgan fingerprint density at radius 1 is 1.47 bits per heavy atom. The van der Waals surface area contributed by atoms with E-state index in [1.54, 1.807) is 12.1 Å². The number of rotatable bonds is 4. The summed E-state index contributed by atoms with van der Waals surface area (Å²) in [5.74, 6) is 0.265. The van der Waals surface area contributed by atoms with Gasteiger partial charge in [-0.1, -0.05) is 6.07 Å². The van der Waals surface area contributed by atoms with Crippen molar-refractivity contribution in [1.82, 2.24) is 20.2 Å². The molecule has 0 spiro atoms. The first-order chi connectivity index (χ1) is 8.27. The van der Waals surface area contributed by atoms with E-state index in [-0.39, 0.29) is 5.56 Å². The van der Waals surface area contributed by atoms with E-state index in [9.17, 15) is 4.39 Å². The molecule has 0 saturated heterocycles. The van der Waals surface area contributed by atoms with Gasteiger partial charge in [0.2, 0.25) is 0 Å². The van der Waals surface area contributed by atoms with Crippen LogP contribution in [0.1, 0.15) is 0 Å². The summed E-state index contributed by atoms with van der Waals surface area (Å²) < 4.78 is 20.3. The van der Waals surface area contributed by atoms with E-state index in [1.165, 1.54) is 17.9 Å². The SMILES string of the molecule is COc1cccc(F)c1-c1nnnn1CCN. The second-order valence-electron chi connectivity index (χ2n) is 3.33. The van der Waals surface area contributed by atoms with E-state index < -0.39 is 5.82 Å². The zero-order chi connectivity index (χ0) is 12.3. The summed E-state index contributed by atoms with van der Waals surface area (Å²) in [5.41, 5.74) is 5.68. The first-order valence-corrected chi connectivity index (χ1v) is 5.07. The Bertz CT molecular complexity index is 513. The summed E-state index contributed by atoms with van der Waals surface area (Å²) in [7, 11) is 1.47. The number of hydrogen-bond donors (Lipinski definition) is 1. The molecule has 2 rings (SSSR count). The predicted octanol–water partition coefficient (Wildman–Crippen LogP) is 0.447. The van der Waals surface area contributed by atoms with Gasteiger partial charge in [0.25, 0.3) is 0 Å². The van der Waals surface area contributed by atoms with E-state index in [2.05, 4.69) is 15.5 Å². The van der Waals surface area contributed by atoms with Crippen molar-refractivity contribution in [3.63, 3.8) is 0 Å². The number of ether oxygens (including phenoxy) is 1. The van der Waals surface area contributed by atoms with Gasteiger partial charge in [-0.25, -0.2) is 9.07 Å². The molecule has 2 aromatic rings. The average molecular weight is 237 g/mol. The van der Waals surface area contributed by atoms with Gasteiger partial charge in [0.05, 0.1) is 19.2 Å². The third-order valence-corrected chi connectivity index (χ3v) is 2.29. The van der Waals surface area contributed by atoms with Crippen LogP contribution in [0, 0.1) is 5.82 Å². The number of nitrogens with two attached hydrogens (primary N) is 1. The van der Waals surface area contributed by atoms with Crippen LogP contribution >= 0.6 is 0 Å². The van der Waals surface area contributed by atoms with Crippen molar-refractivity contribution in [2.24, 2.45) is 5.73 Å². The van der Waals surface area contributed by atoms with Gasteiger partial charge in [-0.15, -0.1) is 5.10 Å². The number of hydrogen-bond acceptors (Lipinski definition) is 5. The summed E-state index contributed by atoms with van der Waals surface area (Å²) in [6.45, 7) is 0.786. The van der Waals surface area contributed by atoms with Crippen molar-refractivity contribution in [2.75, 3.05) is 13.7 Å². The van der Waals surface area contributed by atoms with Gasteiger partial charge in [0.15, 0.2) is 5.82 Å². The fourth-order valence-corrected chi connectivity index (χ4v) is 1.55. The monoisotopic (exact) mass is 237 g/mol. The molecule has 6 nitrogen and oxygen atoms in total. The molecule has 90 valence electrons. The number of aromatic nitrogens is 4. The number of halogens is 1. The van der Waals surface area contributed by atoms with Crippen LogP contribution in [0.15, 0.2) is 18.2 Å². The highest BCUT2D eigenvalue weighted by atomic mass is 19.1. The minimum atomic E-state index is -0.433. The van der Waals surface area contributed by atoms with E-state index in [0.717, 1.165) is 0 Å². The topological polar surface area (TPSA) is 78.9 Å². The largest absolute Gasteiger partial charge is 0.496 e. The van der Waals surface area contributed by atoms with Gasteiger partial charge in [-0.3, -0.25) is 0 Å². The van der Waals surface area contributed by atoms with Crippen LogP contribution in [0.2, 0.25) is 0 Å². The van der Waals surface area contributed by atoms with E-state index in [0.29, 0.717) is 24.7 Å². The molecule has 2 N–H and O–H groups in total. The smallest absolute Gasteiger partial charge is 0.188 e. The van der Waals surface area contributed by atoms with Crippen molar-refractivity contribution in [2.45, 2.75) is 6.54 Å². The Balaban J connectivity index is 2.55. The minimum absolute atomic E-state index is 0.244. The molecule has 0 atom stereocenters. The van der Waals surface area contributed by atoms with Crippen LogP contribution in [-0.2, 0) is 6.54 Å². The quantitative estimate of drug-likeness (QED) is 0.835. The van der Waals surface area contributed by atoms with Gasteiger partial charge in [0.1, 0.15) is 11.6 Å². The van der Waals surface area contributed by atoms with E-state index in [4.69, 9.17) is 10.5 Å². The zero-order valence-electron chi connectivity index (χ0n) is 9.30. The molecule has 1 aromatic heterocycles. The van der Waals surface area contributed by atoms with Crippen LogP contribution in [0.5, 0.6) is 5.75 Å². The maximum absolute atomic E-state index is 13.8. The molecule has 0 bridgehead atoms. The Labute approximate surface area is 97.2 Å². The van der Waals surface area contributed by atoms with Crippen LogP contribution < -0.4 is 10.5 Å². The first kappa shape index (κ1) is 11.5. The van der Waals surface area contributed by atoms with Gasteiger partial charge >= 0.3 is 0 Å². The Kier molecular flexibility index (Phi) is 3.29. The zero-order valence-corrected chi connectivity index (χ0v) is 9.30. The summed E-state index contributed by atoms with van der Waals surface area (Å²) in [6, 6.07) is 4.55. The van der Waals surface area contributed by atoms with E-state index >= 15 is 0 Å². The number of nitrogens with zero attached hydrogens (tertiary/aromatic N) is 4. The molecule has 0 amide bonds. The van der Waals surface area contributed by atoms with Crippen LogP contribution in [0.25, 0.3) is 11.4 Å². The molecule has 0 saturated carbocycles. The van der Waals surface area contributed by atoms with Crippen molar-refractivity contribution < 1.29 is 9.13 Å². The lowest BCUT2D eigenvalue weighted by atomic mass is 10.1. The molecular weight excluding hydrogens is 225 g/mol. The maximum Gasteiger partial charge on any atom is 0.188 e. The number of tetrazole rings is 1. The fraction of sp³-hybridized carbons (Fsp3) is 0.300. The highest BCUT2D eigenvalue weighted by molar-refractivity contribution is 5.64. The number of benzene rings is 1. The molecule has 0 fully saturated rings. The maximum atomic E-state index is 13.8. The molecule has 1 heterocycles. The van der Waals surface area contributed by atoms with Crippen LogP contribution in [0.3, 0.4) is 0 Å². The van der Waals surface area contributed by atoms with Crippen molar-refractivity contribution >= 4 is 0 Å². The first-order valence-electron chi connectivity index (χ1n) is 5.07. The lowest BCUT2D eigenvalue weighted by molar-refractivity contribution is 0.412. The Morgan fingerprint density at radius 3 is 3.00 bits per heavy atom. The second-order valence-corrected chi connectivity index (χ2v) is 3.33. The second kappa shape index (κ2) is 4.88. The Morgan fingerprint density at radius 2 is 2.29 bits per heavy atom. The Hall–Kier alpha value is -2.02. The average Bonchev–Trinajstić information content (AvgIpc) is 2.77. The van der Waals surface area contributed by atoms with Crippen molar-refractivity contribution in [3.8, 4) is 17.1 Å². The van der Waals surface area contributed by atoms with Crippen LogP contribution in [0.4, 0.5) is 4.39 Å². The number of methoxy groups -OCH3 is 1. The fourth-order valence-electron chi connectivity index (χ4n) is 1.55. The van der Waals surface area contributed by atoms with Crippen LogP contribution in [-0.4, -0.2) is 33.9 Å². The third kappa shape index (κ3) is 2.09. The van der Waals surface area contributed by atoms with Gasteiger partial charge in [0, 0.05) is 6.54 Å². The lowest BCUT2D eigenvalue weighted by Crippen LogP contribution is -2.13. The molecule has 0 aliphatic carbocycles. The highest BCUT2D eigenvalue weighted by Crippen LogP contribution is 2.30.